The van der Waals surface area contributed by atoms with E-state index in [-0.39, 0.29) is 12.1 Å². The van der Waals surface area contributed by atoms with Crippen molar-refractivity contribution in [1.82, 2.24) is 20.1 Å². The summed E-state index contributed by atoms with van der Waals surface area (Å²) in [6.45, 7) is 6.28. The Balaban J connectivity index is 1.65. The summed E-state index contributed by atoms with van der Waals surface area (Å²) in [7, 11) is 2.13. The number of hydrogen-bond donors (Lipinski definition) is 2. The average Bonchev–Trinajstić information content (AvgIpc) is 3.03. The van der Waals surface area contributed by atoms with Crippen molar-refractivity contribution in [2.45, 2.75) is 44.7 Å². The first-order valence-electron chi connectivity index (χ1n) is 9.91. The number of likely N-dealkylation sites (tertiary alicyclic amines) is 1. The van der Waals surface area contributed by atoms with Crippen LogP contribution in [0.15, 0.2) is 18.2 Å². The van der Waals surface area contributed by atoms with Crippen molar-refractivity contribution in [2.75, 3.05) is 26.7 Å². The highest BCUT2D eigenvalue weighted by Crippen LogP contribution is 2.43. The largest absolute Gasteiger partial charge is 0.352 e. The van der Waals surface area contributed by atoms with Gasteiger partial charge in [-0.2, -0.15) is 0 Å². The number of H-pyrrole nitrogens is 1. The van der Waals surface area contributed by atoms with Gasteiger partial charge in [0.05, 0.1) is 5.69 Å². The summed E-state index contributed by atoms with van der Waals surface area (Å²) in [6, 6.07) is 6.81. The minimum atomic E-state index is 0.0245. The molecule has 1 aromatic heterocycles. The Kier molecular flexibility index (Phi) is 4.68. The van der Waals surface area contributed by atoms with Crippen LogP contribution >= 0.6 is 0 Å². The van der Waals surface area contributed by atoms with Gasteiger partial charge in [-0.3, -0.25) is 4.79 Å². The lowest BCUT2D eigenvalue weighted by molar-refractivity contribution is 0.111. The maximum absolute atomic E-state index is 12.5. The molecule has 1 aliphatic heterocycles. The predicted octanol–water partition coefficient (Wildman–Crippen LogP) is 2.74. The van der Waals surface area contributed by atoms with Gasteiger partial charge in [-0.1, -0.05) is 12.1 Å². The van der Waals surface area contributed by atoms with E-state index in [1.54, 1.807) is 0 Å². The van der Waals surface area contributed by atoms with Crippen molar-refractivity contribution in [3.8, 4) is 0 Å². The molecule has 2 aliphatic rings. The molecule has 1 aliphatic carbocycles. The topological polar surface area (TPSA) is 68.4 Å². The molecular weight excluding hydrogens is 340 g/mol. The van der Waals surface area contributed by atoms with Crippen LogP contribution in [0.1, 0.15) is 47.8 Å². The summed E-state index contributed by atoms with van der Waals surface area (Å²) in [5, 5.41) is 4.45. The first-order chi connectivity index (χ1) is 13.1. The van der Waals surface area contributed by atoms with Gasteiger partial charge in [-0.15, -0.1) is 0 Å². The van der Waals surface area contributed by atoms with Crippen molar-refractivity contribution in [3.05, 3.63) is 35.0 Å². The van der Waals surface area contributed by atoms with Crippen molar-refractivity contribution in [3.63, 3.8) is 0 Å². The Morgan fingerprint density at radius 3 is 2.85 bits per heavy atom. The number of likely N-dealkylation sites (N-methyl/N-ethyl adjacent to an activating group) is 1. The van der Waals surface area contributed by atoms with E-state index in [2.05, 4.69) is 34.4 Å². The number of nitrogens with zero attached hydrogens (tertiary/aromatic N) is 2. The van der Waals surface area contributed by atoms with Gasteiger partial charge in [0.1, 0.15) is 0 Å². The number of carbonyl (C=O) groups is 2. The molecule has 27 heavy (non-hydrogen) atoms. The fourth-order valence-corrected chi connectivity index (χ4v) is 5.04. The number of aromatic nitrogens is 1. The number of amides is 2. The molecule has 1 unspecified atom stereocenters. The molecule has 6 nitrogen and oxygen atoms in total. The van der Waals surface area contributed by atoms with E-state index in [0.717, 1.165) is 49.8 Å². The van der Waals surface area contributed by atoms with Crippen LogP contribution in [0.3, 0.4) is 0 Å². The number of urea groups is 1. The third kappa shape index (κ3) is 2.92. The third-order valence-corrected chi connectivity index (χ3v) is 6.38. The SMILES string of the molecule is CCN(CC)C(=O)N[C@H]1CC2c3cccc4[nH]c(C=O)c(c34)C[C@H]2N(C)C1. The first-order valence-corrected chi connectivity index (χ1v) is 9.91. The van der Waals surface area contributed by atoms with Gasteiger partial charge in [0.15, 0.2) is 6.29 Å². The molecule has 6 heteroatoms. The summed E-state index contributed by atoms with van der Waals surface area (Å²) in [6.07, 6.45) is 2.75. The highest BCUT2D eigenvalue weighted by atomic mass is 16.2. The number of piperidine rings is 1. The molecule has 4 rings (SSSR count). The molecule has 2 N–H and O–H groups in total. The molecule has 1 aromatic carbocycles. The maximum atomic E-state index is 12.5. The summed E-state index contributed by atoms with van der Waals surface area (Å²) >= 11 is 0. The lowest BCUT2D eigenvalue weighted by Crippen LogP contribution is -2.56. The highest BCUT2D eigenvalue weighted by molar-refractivity contribution is 5.95. The van der Waals surface area contributed by atoms with Gasteiger partial charge >= 0.3 is 6.03 Å². The van der Waals surface area contributed by atoms with Crippen molar-refractivity contribution in [1.29, 1.82) is 0 Å². The smallest absolute Gasteiger partial charge is 0.317 e. The van der Waals surface area contributed by atoms with Gasteiger partial charge in [-0.25, -0.2) is 4.79 Å². The van der Waals surface area contributed by atoms with E-state index in [1.165, 1.54) is 10.9 Å². The molecule has 0 bridgehead atoms. The molecule has 0 radical (unpaired) electrons. The number of aldehydes is 1. The van der Waals surface area contributed by atoms with E-state index < -0.39 is 0 Å². The minimum Gasteiger partial charge on any atom is -0.352 e. The molecule has 144 valence electrons. The zero-order valence-electron chi connectivity index (χ0n) is 16.3. The molecule has 1 fully saturated rings. The van der Waals surface area contributed by atoms with E-state index in [4.69, 9.17) is 0 Å². The van der Waals surface area contributed by atoms with Crippen LogP contribution in [0, 0.1) is 0 Å². The molecule has 2 aromatic rings. The number of nitrogens with one attached hydrogen (secondary N) is 2. The Hall–Kier alpha value is -2.34. The zero-order chi connectivity index (χ0) is 19.1. The van der Waals surface area contributed by atoms with Gasteiger partial charge in [-0.05, 0) is 50.9 Å². The van der Waals surface area contributed by atoms with Crippen LogP contribution in [0.5, 0.6) is 0 Å². The van der Waals surface area contributed by atoms with Crippen LogP contribution in [0.25, 0.3) is 10.9 Å². The molecule has 1 saturated heterocycles. The fourth-order valence-electron chi connectivity index (χ4n) is 5.04. The standard InChI is InChI=1S/C21H28N4O2/c1-4-25(5-2)21(27)22-13-9-15-14-7-6-8-17-20(14)16(18(12-26)23-17)10-19(15)24(3)11-13/h6-8,12-13,15,19,23H,4-5,9-11H2,1-3H3,(H,22,27)/t13-,15?,19+/m0/s1. The van der Waals surface area contributed by atoms with E-state index in [1.807, 2.05) is 24.8 Å². The summed E-state index contributed by atoms with van der Waals surface area (Å²) in [5.74, 6) is 0.359. The lowest BCUT2D eigenvalue weighted by atomic mass is 9.73. The first kappa shape index (κ1) is 18.0. The predicted molar refractivity (Wildman–Crippen MR) is 106 cm³/mol. The molecule has 0 saturated carbocycles. The molecule has 3 atom stereocenters. The van der Waals surface area contributed by atoms with Crippen LogP contribution < -0.4 is 5.32 Å². The van der Waals surface area contributed by atoms with Gasteiger partial charge in [0.2, 0.25) is 0 Å². The van der Waals surface area contributed by atoms with Crippen LogP contribution in [-0.2, 0) is 6.42 Å². The Bertz CT molecular complexity index is 870. The Morgan fingerprint density at radius 1 is 1.37 bits per heavy atom. The number of fused-ring (bicyclic) bond motifs is 2. The lowest BCUT2D eigenvalue weighted by Gasteiger charge is -2.46. The number of aromatic amines is 1. The van der Waals surface area contributed by atoms with E-state index >= 15 is 0 Å². The highest BCUT2D eigenvalue weighted by Gasteiger charge is 2.40. The number of rotatable bonds is 4. The van der Waals surface area contributed by atoms with Crippen molar-refractivity contribution >= 4 is 23.2 Å². The van der Waals surface area contributed by atoms with Crippen molar-refractivity contribution < 1.29 is 9.59 Å². The Labute approximate surface area is 159 Å². The van der Waals surface area contributed by atoms with Crippen LogP contribution in [0.2, 0.25) is 0 Å². The molecule has 0 spiro atoms. The molecular formula is C21H28N4O2. The minimum absolute atomic E-state index is 0.0245. The van der Waals surface area contributed by atoms with E-state index in [0.29, 0.717) is 17.7 Å². The third-order valence-electron chi connectivity index (χ3n) is 6.38. The summed E-state index contributed by atoms with van der Waals surface area (Å²) < 4.78 is 0. The second-order valence-electron chi connectivity index (χ2n) is 7.78. The van der Waals surface area contributed by atoms with E-state index in [9.17, 15) is 9.59 Å². The van der Waals surface area contributed by atoms with Crippen molar-refractivity contribution in [2.24, 2.45) is 0 Å². The van der Waals surface area contributed by atoms with Crippen LogP contribution in [-0.4, -0.2) is 65.9 Å². The molecule has 2 amide bonds. The second kappa shape index (κ2) is 7.00. The van der Waals surface area contributed by atoms with Gasteiger partial charge < -0.3 is 20.1 Å². The number of carbonyl (C=O) groups excluding carboxylic acids is 2. The van der Waals surface area contributed by atoms with Crippen LogP contribution in [0.4, 0.5) is 4.79 Å². The Morgan fingerprint density at radius 2 is 2.15 bits per heavy atom. The maximum Gasteiger partial charge on any atom is 0.317 e. The molecule has 2 heterocycles. The van der Waals surface area contributed by atoms with Gasteiger partial charge in [0.25, 0.3) is 0 Å². The normalized spacial score (nSPS) is 24.5. The summed E-state index contributed by atoms with van der Waals surface area (Å²) in [5.41, 5.74) is 4.20. The second-order valence-corrected chi connectivity index (χ2v) is 7.78. The summed E-state index contributed by atoms with van der Waals surface area (Å²) in [4.78, 5) is 31.5. The number of hydrogen-bond acceptors (Lipinski definition) is 3. The average molecular weight is 368 g/mol. The monoisotopic (exact) mass is 368 g/mol. The number of benzene rings is 1. The quantitative estimate of drug-likeness (QED) is 0.816. The zero-order valence-corrected chi connectivity index (χ0v) is 16.3. The fraction of sp³-hybridized carbons (Fsp3) is 0.524. The van der Waals surface area contributed by atoms with Gasteiger partial charge in [0, 0.05) is 48.5 Å².